The maximum atomic E-state index is 12.1. The van der Waals surface area contributed by atoms with Crippen molar-refractivity contribution >= 4 is 11.9 Å². The van der Waals surface area contributed by atoms with Gasteiger partial charge in [0.25, 0.3) is 0 Å². The lowest BCUT2D eigenvalue weighted by atomic mass is 10.2. The number of primary amides is 1. The van der Waals surface area contributed by atoms with Crippen molar-refractivity contribution in [2.24, 2.45) is 5.73 Å². The van der Waals surface area contributed by atoms with Gasteiger partial charge in [-0.15, -0.1) is 0 Å². The molecule has 0 saturated carbocycles. The highest BCUT2D eigenvalue weighted by Gasteiger charge is 2.40. The van der Waals surface area contributed by atoms with Crippen LogP contribution in [-0.4, -0.2) is 28.1 Å². The highest BCUT2D eigenvalue weighted by molar-refractivity contribution is 5.96. The van der Waals surface area contributed by atoms with Gasteiger partial charge in [-0.25, -0.2) is 4.79 Å². The van der Waals surface area contributed by atoms with Crippen LogP contribution in [0.4, 0.5) is 18.0 Å². The monoisotopic (exact) mass is 267 g/mol. The fourth-order valence-corrected chi connectivity index (χ4v) is 1.05. The minimum atomic E-state index is -4.85. The maximum absolute atomic E-state index is 12.1. The predicted octanol–water partition coefficient (Wildman–Crippen LogP) is 1.15. The van der Waals surface area contributed by atoms with Gasteiger partial charge in [0.1, 0.15) is 0 Å². The summed E-state index contributed by atoms with van der Waals surface area (Å²) in [4.78, 5) is 24.9. The summed E-state index contributed by atoms with van der Waals surface area (Å²) in [7, 11) is 0. The van der Waals surface area contributed by atoms with Crippen molar-refractivity contribution in [3.05, 3.63) is 11.7 Å². The third-order valence-electron chi connectivity index (χ3n) is 1.81. The third-order valence-corrected chi connectivity index (χ3v) is 1.81. The molecule has 2 N–H and O–H groups in total. The fourth-order valence-electron chi connectivity index (χ4n) is 1.05. The first-order valence-electron chi connectivity index (χ1n) is 4.67. The second-order valence-corrected chi connectivity index (χ2v) is 3.12. The fraction of sp³-hybridized carbons (Fsp3) is 0.500. The first-order chi connectivity index (χ1) is 8.25. The van der Waals surface area contributed by atoms with E-state index in [2.05, 4.69) is 19.4 Å². The molecule has 0 saturated heterocycles. The second-order valence-electron chi connectivity index (χ2n) is 3.12. The number of amides is 1. The minimum absolute atomic E-state index is 0.0116. The van der Waals surface area contributed by atoms with E-state index in [1.807, 2.05) is 0 Å². The maximum Gasteiger partial charge on any atom is 0.471 e. The molecule has 0 spiro atoms. The molecule has 0 aromatic carbocycles. The number of hydrogen-bond donors (Lipinski definition) is 1. The molecule has 0 aliphatic rings. The average molecular weight is 267 g/mol. The summed E-state index contributed by atoms with van der Waals surface area (Å²) in [5, 5.41) is 2.87. The molecule has 1 rings (SSSR count). The summed E-state index contributed by atoms with van der Waals surface area (Å²) in [6, 6.07) is 0. The number of nitrogens with zero attached hydrogens (tertiary/aromatic N) is 2. The second kappa shape index (κ2) is 5.02. The van der Waals surface area contributed by atoms with Crippen molar-refractivity contribution in [3.8, 4) is 0 Å². The van der Waals surface area contributed by atoms with Gasteiger partial charge in [-0.05, 0) is 6.42 Å². The summed E-state index contributed by atoms with van der Waals surface area (Å²) < 4.78 is 44.7. The SMILES string of the molecule is CCC(OC(N)=O)C(=O)c1noc(C(F)(F)F)n1. The number of rotatable bonds is 4. The van der Waals surface area contributed by atoms with Gasteiger partial charge in [0.2, 0.25) is 11.6 Å². The number of halogens is 3. The number of Topliss-reactive ketones (excluding diaryl/α,β-unsaturated/α-hetero) is 1. The van der Waals surface area contributed by atoms with Crippen LogP contribution in [0.1, 0.15) is 29.9 Å². The van der Waals surface area contributed by atoms with Crippen molar-refractivity contribution in [2.75, 3.05) is 0 Å². The van der Waals surface area contributed by atoms with Crippen LogP contribution in [0.15, 0.2) is 4.52 Å². The van der Waals surface area contributed by atoms with E-state index in [0.717, 1.165) is 0 Å². The van der Waals surface area contributed by atoms with Crippen LogP contribution in [-0.2, 0) is 10.9 Å². The molecule has 1 aromatic rings. The van der Waals surface area contributed by atoms with E-state index in [1.165, 1.54) is 6.92 Å². The number of carbonyl (C=O) groups is 2. The van der Waals surface area contributed by atoms with Crippen LogP contribution >= 0.6 is 0 Å². The smallest absolute Gasteiger partial charge is 0.438 e. The molecule has 18 heavy (non-hydrogen) atoms. The molecule has 0 fully saturated rings. The Labute approximate surface area is 98.1 Å². The van der Waals surface area contributed by atoms with E-state index in [9.17, 15) is 22.8 Å². The van der Waals surface area contributed by atoms with E-state index < -0.39 is 35.9 Å². The van der Waals surface area contributed by atoms with Gasteiger partial charge in [0.05, 0.1) is 0 Å². The van der Waals surface area contributed by atoms with Crippen molar-refractivity contribution in [1.82, 2.24) is 10.1 Å². The Morgan fingerprint density at radius 1 is 1.50 bits per heavy atom. The Hall–Kier alpha value is -2.13. The molecule has 0 radical (unpaired) electrons. The molecule has 1 amide bonds. The summed E-state index contributed by atoms with van der Waals surface area (Å²) in [5.41, 5.74) is 4.70. The molecule has 7 nitrogen and oxygen atoms in total. The average Bonchev–Trinajstić information content (AvgIpc) is 2.73. The summed E-state index contributed by atoms with van der Waals surface area (Å²) in [6.07, 6.45) is -7.41. The predicted molar refractivity (Wildman–Crippen MR) is 48.4 cm³/mol. The summed E-state index contributed by atoms with van der Waals surface area (Å²) in [5.74, 6) is -3.49. The lowest BCUT2D eigenvalue weighted by molar-refractivity contribution is -0.159. The largest absolute Gasteiger partial charge is 0.471 e. The minimum Gasteiger partial charge on any atom is -0.438 e. The van der Waals surface area contributed by atoms with E-state index in [4.69, 9.17) is 5.73 Å². The Balaban J connectivity index is 2.89. The molecule has 1 aromatic heterocycles. The molecule has 0 aliphatic heterocycles. The van der Waals surface area contributed by atoms with Gasteiger partial charge in [-0.1, -0.05) is 12.1 Å². The standard InChI is InChI=1S/C8H8F3N3O4/c1-2-3(17-7(12)16)4(15)5-13-6(18-14-5)8(9,10)11/h3H,2H2,1H3,(H2,12,16). The topological polar surface area (TPSA) is 108 Å². The van der Waals surface area contributed by atoms with E-state index in [0.29, 0.717) is 0 Å². The van der Waals surface area contributed by atoms with Crippen LogP contribution < -0.4 is 5.73 Å². The molecular formula is C8H8F3N3O4. The van der Waals surface area contributed by atoms with Crippen molar-refractivity contribution in [3.63, 3.8) is 0 Å². The molecule has 1 heterocycles. The highest BCUT2D eigenvalue weighted by atomic mass is 19.4. The number of ether oxygens (including phenoxy) is 1. The van der Waals surface area contributed by atoms with E-state index >= 15 is 0 Å². The van der Waals surface area contributed by atoms with E-state index in [-0.39, 0.29) is 6.42 Å². The van der Waals surface area contributed by atoms with Gasteiger partial charge in [0.15, 0.2) is 6.10 Å². The molecule has 10 heteroatoms. The van der Waals surface area contributed by atoms with Crippen LogP contribution in [0.5, 0.6) is 0 Å². The number of alkyl halides is 3. The Bertz CT molecular complexity index is 457. The van der Waals surface area contributed by atoms with Crippen LogP contribution in [0.2, 0.25) is 0 Å². The number of ketones is 1. The molecule has 0 aliphatic carbocycles. The number of aromatic nitrogens is 2. The zero-order valence-corrected chi connectivity index (χ0v) is 9.02. The summed E-state index contributed by atoms with van der Waals surface area (Å²) >= 11 is 0. The molecule has 1 unspecified atom stereocenters. The van der Waals surface area contributed by atoms with Gasteiger partial charge < -0.3 is 15.0 Å². The lowest BCUT2D eigenvalue weighted by Crippen LogP contribution is -2.30. The normalized spacial score (nSPS) is 13.1. The molecule has 100 valence electrons. The Morgan fingerprint density at radius 2 is 2.11 bits per heavy atom. The Morgan fingerprint density at radius 3 is 2.50 bits per heavy atom. The van der Waals surface area contributed by atoms with Gasteiger partial charge in [-0.2, -0.15) is 18.2 Å². The number of hydrogen-bond acceptors (Lipinski definition) is 6. The van der Waals surface area contributed by atoms with Gasteiger partial charge in [0, 0.05) is 0 Å². The van der Waals surface area contributed by atoms with E-state index in [1.54, 1.807) is 0 Å². The van der Waals surface area contributed by atoms with Crippen LogP contribution in [0, 0.1) is 0 Å². The van der Waals surface area contributed by atoms with Crippen LogP contribution in [0.25, 0.3) is 0 Å². The third kappa shape index (κ3) is 3.18. The molecular weight excluding hydrogens is 259 g/mol. The van der Waals surface area contributed by atoms with Crippen molar-refractivity contribution in [1.29, 1.82) is 0 Å². The zero-order valence-electron chi connectivity index (χ0n) is 9.02. The summed E-state index contributed by atoms with van der Waals surface area (Å²) in [6.45, 7) is 1.47. The lowest BCUT2D eigenvalue weighted by Gasteiger charge is -2.10. The zero-order chi connectivity index (χ0) is 13.9. The molecule has 1 atom stereocenters. The number of carbonyl (C=O) groups excluding carboxylic acids is 2. The van der Waals surface area contributed by atoms with Crippen molar-refractivity contribution < 1.29 is 32.0 Å². The highest BCUT2D eigenvalue weighted by Crippen LogP contribution is 2.27. The number of nitrogens with two attached hydrogens (primary N) is 1. The first kappa shape index (κ1) is 13.9. The first-order valence-corrected chi connectivity index (χ1v) is 4.67. The quantitative estimate of drug-likeness (QED) is 0.819. The van der Waals surface area contributed by atoms with Gasteiger partial charge >= 0.3 is 18.2 Å². The molecule has 0 bridgehead atoms. The Kier molecular flexibility index (Phi) is 3.89. The van der Waals surface area contributed by atoms with Crippen LogP contribution in [0.3, 0.4) is 0 Å². The van der Waals surface area contributed by atoms with Crippen molar-refractivity contribution in [2.45, 2.75) is 25.6 Å². The van der Waals surface area contributed by atoms with Gasteiger partial charge in [-0.3, -0.25) is 4.79 Å².